The van der Waals surface area contributed by atoms with Gasteiger partial charge in [0.2, 0.25) is 0 Å². The van der Waals surface area contributed by atoms with Crippen LogP contribution < -0.4 is 10.1 Å². The van der Waals surface area contributed by atoms with Crippen molar-refractivity contribution >= 4 is 40.8 Å². The summed E-state index contributed by atoms with van der Waals surface area (Å²) < 4.78 is 6.10. The predicted octanol–water partition coefficient (Wildman–Crippen LogP) is 4.47. The number of guanidine groups is 1. The van der Waals surface area contributed by atoms with Crippen LogP contribution in [0.2, 0.25) is 0 Å². The smallest absolute Gasteiger partial charge is 0.193 e. The Morgan fingerprint density at radius 2 is 1.83 bits per heavy atom. The molecule has 1 N–H and O–H groups in total. The number of benzene rings is 2. The molecule has 0 unspecified atom stereocenters. The SMILES string of the molecule is CN=C(NCc1cccc2cccnc12)N1CCC(Oc2ccccc2)CC1.I. The standard InChI is InChI=1S/C23H26N4O.HI/c1-24-23(26-17-19-8-5-7-18-9-6-14-25-22(18)19)27-15-12-21(13-16-27)28-20-10-3-2-4-11-20;/h2-11,14,21H,12-13,15-17H2,1H3,(H,24,26);1H. The van der Waals surface area contributed by atoms with Gasteiger partial charge >= 0.3 is 0 Å². The highest BCUT2D eigenvalue weighted by atomic mass is 127. The number of piperidine rings is 1. The summed E-state index contributed by atoms with van der Waals surface area (Å²) in [6, 6.07) is 20.4. The van der Waals surface area contributed by atoms with Gasteiger partial charge in [0, 0.05) is 51.1 Å². The number of pyridine rings is 1. The fourth-order valence-corrected chi connectivity index (χ4v) is 3.69. The van der Waals surface area contributed by atoms with Crippen molar-refractivity contribution in [2.45, 2.75) is 25.5 Å². The lowest BCUT2D eigenvalue weighted by Crippen LogP contribution is -2.47. The van der Waals surface area contributed by atoms with Crippen LogP contribution in [-0.2, 0) is 6.54 Å². The molecular weight excluding hydrogens is 475 g/mol. The first-order chi connectivity index (χ1) is 13.8. The van der Waals surface area contributed by atoms with E-state index in [1.165, 1.54) is 5.56 Å². The van der Waals surface area contributed by atoms with Crippen molar-refractivity contribution in [2.75, 3.05) is 20.1 Å². The van der Waals surface area contributed by atoms with Gasteiger partial charge in [-0.1, -0.05) is 42.5 Å². The fourth-order valence-electron chi connectivity index (χ4n) is 3.69. The van der Waals surface area contributed by atoms with Crippen molar-refractivity contribution in [2.24, 2.45) is 4.99 Å². The van der Waals surface area contributed by atoms with Crippen LogP contribution in [0.15, 0.2) is 71.9 Å². The molecule has 0 radical (unpaired) electrons. The third-order valence-corrected chi connectivity index (χ3v) is 5.15. The van der Waals surface area contributed by atoms with Gasteiger partial charge in [0.1, 0.15) is 11.9 Å². The Morgan fingerprint density at radius 3 is 2.59 bits per heavy atom. The van der Waals surface area contributed by atoms with E-state index in [0.29, 0.717) is 6.54 Å². The highest BCUT2D eigenvalue weighted by Gasteiger charge is 2.22. The molecule has 1 aliphatic rings. The second-order valence-electron chi connectivity index (χ2n) is 7.01. The summed E-state index contributed by atoms with van der Waals surface area (Å²) in [7, 11) is 1.84. The molecule has 6 heteroatoms. The molecule has 0 bridgehead atoms. The summed E-state index contributed by atoms with van der Waals surface area (Å²) in [5.41, 5.74) is 2.23. The number of hydrogen-bond acceptors (Lipinski definition) is 3. The minimum Gasteiger partial charge on any atom is -0.490 e. The van der Waals surface area contributed by atoms with E-state index in [1.54, 1.807) is 0 Å². The van der Waals surface area contributed by atoms with E-state index in [2.05, 4.69) is 44.5 Å². The lowest BCUT2D eigenvalue weighted by Gasteiger charge is -2.34. The van der Waals surface area contributed by atoms with Gasteiger partial charge in [0.15, 0.2) is 5.96 Å². The summed E-state index contributed by atoms with van der Waals surface area (Å²) in [5.74, 6) is 1.89. The fraction of sp³-hybridized carbons (Fsp3) is 0.304. The van der Waals surface area contributed by atoms with Crippen LogP contribution in [0.25, 0.3) is 10.9 Å². The van der Waals surface area contributed by atoms with Crippen LogP contribution in [0.3, 0.4) is 0 Å². The van der Waals surface area contributed by atoms with Crippen molar-refractivity contribution in [3.63, 3.8) is 0 Å². The number of nitrogens with zero attached hydrogens (tertiary/aromatic N) is 3. The van der Waals surface area contributed by atoms with Crippen molar-refractivity contribution < 1.29 is 4.74 Å². The van der Waals surface area contributed by atoms with Gasteiger partial charge in [-0.2, -0.15) is 0 Å². The molecule has 1 fully saturated rings. The topological polar surface area (TPSA) is 49.8 Å². The van der Waals surface area contributed by atoms with E-state index in [9.17, 15) is 0 Å². The summed E-state index contributed by atoms with van der Waals surface area (Å²) in [6.07, 6.45) is 4.09. The van der Waals surface area contributed by atoms with Gasteiger partial charge in [-0.15, -0.1) is 24.0 Å². The van der Waals surface area contributed by atoms with E-state index in [4.69, 9.17) is 4.74 Å². The predicted molar refractivity (Wildman–Crippen MR) is 129 cm³/mol. The molecule has 0 spiro atoms. The maximum absolute atomic E-state index is 6.10. The van der Waals surface area contributed by atoms with Gasteiger partial charge < -0.3 is 15.0 Å². The number of aliphatic imine (C=N–C) groups is 1. The molecule has 0 atom stereocenters. The zero-order valence-corrected chi connectivity index (χ0v) is 19.0. The molecule has 5 nitrogen and oxygen atoms in total. The van der Waals surface area contributed by atoms with Crippen molar-refractivity contribution in [1.82, 2.24) is 15.2 Å². The van der Waals surface area contributed by atoms with E-state index in [-0.39, 0.29) is 30.1 Å². The molecular formula is C23H27IN4O. The minimum absolute atomic E-state index is 0. The maximum Gasteiger partial charge on any atom is 0.193 e. The average Bonchev–Trinajstić information content (AvgIpc) is 2.76. The lowest BCUT2D eigenvalue weighted by atomic mass is 10.1. The average molecular weight is 502 g/mol. The van der Waals surface area contributed by atoms with E-state index in [1.807, 2.05) is 49.6 Å². The molecule has 0 saturated carbocycles. The molecule has 0 aliphatic carbocycles. The van der Waals surface area contributed by atoms with Crippen molar-refractivity contribution in [3.05, 3.63) is 72.4 Å². The number of ether oxygens (including phenoxy) is 1. The van der Waals surface area contributed by atoms with E-state index >= 15 is 0 Å². The highest BCUT2D eigenvalue weighted by Crippen LogP contribution is 2.19. The quantitative estimate of drug-likeness (QED) is 0.325. The second-order valence-corrected chi connectivity index (χ2v) is 7.01. The van der Waals surface area contributed by atoms with Crippen LogP contribution in [-0.4, -0.2) is 42.1 Å². The Labute approximate surface area is 189 Å². The van der Waals surface area contributed by atoms with Gasteiger partial charge in [0.25, 0.3) is 0 Å². The third kappa shape index (κ3) is 5.38. The Hall–Kier alpha value is -2.35. The zero-order valence-electron chi connectivity index (χ0n) is 16.6. The monoisotopic (exact) mass is 502 g/mol. The number of rotatable bonds is 4. The summed E-state index contributed by atoms with van der Waals surface area (Å²) in [6.45, 7) is 2.58. The molecule has 3 aromatic rings. The Morgan fingerprint density at radius 1 is 1.07 bits per heavy atom. The van der Waals surface area contributed by atoms with Crippen LogP contribution in [0, 0.1) is 0 Å². The number of aromatic nitrogens is 1. The number of fused-ring (bicyclic) bond motifs is 1. The van der Waals surface area contributed by atoms with Gasteiger partial charge in [-0.3, -0.25) is 9.98 Å². The first-order valence-corrected chi connectivity index (χ1v) is 9.83. The van der Waals surface area contributed by atoms with Crippen molar-refractivity contribution in [3.8, 4) is 5.75 Å². The molecule has 152 valence electrons. The Bertz CT molecular complexity index is 935. The molecule has 1 aliphatic heterocycles. The van der Waals surface area contributed by atoms with Gasteiger partial charge in [-0.25, -0.2) is 0 Å². The highest BCUT2D eigenvalue weighted by molar-refractivity contribution is 14.0. The normalized spacial score (nSPS) is 15.1. The molecule has 1 aromatic heterocycles. The van der Waals surface area contributed by atoms with E-state index < -0.39 is 0 Å². The Kier molecular flexibility index (Phi) is 7.69. The summed E-state index contributed by atoms with van der Waals surface area (Å²) >= 11 is 0. The van der Waals surface area contributed by atoms with Crippen LogP contribution in [0.5, 0.6) is 5.75 Å². The number of para-hydroxylation sites is 2. The van der Waals surface area contributed by atoms with Crippen molar-refractivity contribution in [1.29, 1.82) is 0 Å². The molecule has 0 amide bonds. The molecule has 4 rings (SSSR count). The Balaban J connectivity index is 0.00000240. The van der Waals surface area contributed by atoms with Crippen LogP contribution >= 0.6 is 24.0 Å². The second kappa shape index (κ2) is 10.4. The van der Waals surface area contributed by atoms with E-state index in [0.717, 1.165) is 48.5 Å². The third-order valence-electron chi connectivity index (χ3n) is 5.15. The molecule has 1 saturated heterocycles. The molecule has 29 heavy (non-hydrogen) atoms. The summed E-state index contributed by atoms with van der Waals surface area (Å²) in [5, 5.41) is 4.67. The van der Waals surface area contributed by atoms with Gasteiger partial charge in [-0.05, 0) is 23.8 Å². The first kappa shape index (κ1) is 21.4. The molecule has 2 aromatic carbocycles. The van der Waals surface area contributed by atoms with Crippen LogP contribution in [0.1, 0.15) is 18.4 Å². The molecule has 2 heterocycles. The maximum atomic E-state index is 6.10. The number of nitrogens with one attached hydrogen (secondary N) is 1. The minimum atomic E-state index is 0. The lowest BCUT2D eigenvalue weighted by molar-refractivity contribution is 0.129. The summed E-state index contributed by atoms with van der Waals surface area (Å²) in [4.78, 5) is 11.3. The largest absolute Gasteiger partial charge is 0.490 e. The first-order valence-electron chi connectivity index (χ1n) is 9.83. The number of hydrogen-bond donors (Lipinski definition) is 1. The van der Waals surface area contributed by atoms with Crippen LogP contribution in [0.4, 0.5) is 0 Å². The zero-order chi connectivity index (χ0) is 19.2. The number of likely N-dealkylation sites (tertiary alicyclic amines) is 1. The number of halogens is 1. The van der Waals surface area contributed by atoms with Gasteiger partial charge in [0.05, 0.1) is 5.52 Å².